The van der Waals surface area contributed by atoms with Crippen molar-refractivity contribution in [3.05, 3.63) is 11.6 Å². The Hall–Kier alpha value is -0.790. The minimum atomic E-state index is -0.116. The molecule has 68 valence electrons. The molecule has 0 aromatic carbocycles. The summed E-state index contributed by atoms with van der Waals surface area (Å²) in [5, 5.41) is 0. The second-order valence-electron chi connectivity index (χ2n) is 3.36. The summed E-state index contributed by atoms with van der Waals surface area (Å²) in [6.07, 6.45) is 6.26. The molecule has 0 N–H and O–H groups in total. The van der Waals surface area contributed by atoms with Crippen molar-refractivity contribution in [3.8, 4) is 0 Å². The molecule has 0 aromatic heterocycles. The third-order valence-electron chi connectivity index (χ3n) is 2.46. The number of rotatable bonds is 2. The third-order valence-corrected chi connectivity index (χ3v) is 2.46. The first-order valence-electron chi connectivity index (χ1n) is 4.49. The lowest BCUT2D eigenvalue weighted by atomic mass is 9.87. The SMILES string of the molecule is COC(=O)CC1=CCCCC1C. The van der Waals surface area contributed by atoms with Gasteiger partial charge in [-0.2, -0.15) is 0 Å². The molecule has 0 saturated heterocycles. The van der Waals surface area contributed by atoms with E-state index in [1.165, 1.54) is 25.5 Å². The lowest BCUT2D eigenvalue weighted by molar-refractivity contribution is -0.139. The molecule has 0 spiro atoms. The topological polar surface area (TPSA) is 26.3 Å². The molecule has 0 radical (unpaired) electrons. The summed E-state index contributed by atoms with van der Waals surface area (Å²) in [5.74, 6) is 0.452. The van der Waals surface area contributed by atoms with Crippen LogP contribution in [-0.2, 0) is 9.53 Å². The van der Waals surface area contributed by atoms with Crippen molar-refractivity contribution >= 4 is 5.97 Å². The van der Waals surface area contributed by atoms with Gasteiger partial charge in [-0.05, 0) is 25.2 Å². The van der Waals surface area contributed by atoms with Crippen LogP contribution in [0.4, 0.5) is 0 Å². The van der Waals surface area contributed by atoms with Crippen molar-refractivity contribution in [3.63, 3.8) is 0 Å². The average molecular weight is 168 g/mol. The first-order chi connectivity index (χ1) is 5.74. The minimum Gasteiger partial charge on any atom is -0.469 e. The average Bonchev–Trinajstić information content (AvgIpc) is 2.09. The number of hydrogen-bond acceptors (Lipinski definition) is 2. The van der Waals surface area contributed by atoms with Gasteiger partial charge in [-0.1, -0.05) is 18.6 Å². The van der Waals surface area contributed by atoms with Gasteiger partial charge in [-0.25, -0.2) is 0 Å². The standard InChI is InChI=1S/C10H16O2/c1-8-5-3-4-6-9(8)7-10(11)12-2/h6,8H,3-5,7H2,1-2H3. The molecule has 0 saturated carbocycles. The zero-order valence-corrected chi connectivity index (χ0v) is 7.80. The zero-order valence-electron chi connectivity index (χ0n) is 7.80. The quantitative estimate of drug-likeness (QED) is 0.467. The van der Waals surface area contributed by atoms with E-state index in [-0.39, 0.29) is 5.97 Å². The van der Waals surface area contributed by atoms with E-state index in [0.717, 1.165) is 6.42 Å². The van der Waals surface area contributed by atoms with Gasteiger partial charge in [-0.3, -0.25) is 4.79 Å². The lowest BCUT2D eigenvalue weighted by Gasteiger charge is -2.19. The first kappa shape index (κ1) is 9.30. The van der Waals surface area contributed by atoms with E-state index in [0.29, 0.717) is 12.3 Å². The van der Waals surface area contributed by atoms with Crippen LogP contribution in [0.1, 0.15) is 32.6 Å². The van der Waals surface area contributed by atoms with Crippen LogP contribution in [0.3, 0.4) is 0 Å². The predicted molar refractivity (Wildman–Crippen MR) is 47.7 cm³/mol. The van der Waals surface area contributed by atoms with Crippen LogP contribution in [0, 0.1) is 5.92 Å². The van der Waals surface area contributed by atoms with Crippen LogP contribution in [0.2, 0.25) is 0 Å². The van der Waals surface area contributed by atoms with Crippen molar-refractivity contribution in [2.45, 2.75) is 32.6 Å². The number of carbonyl (C=O) groups is 1. The van der Waals surface area contributed by atoms with E-state index in [1.54, 1.807) is 0 Å². The molecule has 0 aliphatic heterocycles. The maximum atomic E-state index is 11.0. The maximum absolute atomic E-state index is 11.0. The molecular formula is C10H16O2. The summed E-state index contributed by atoms with van der Waals surface area (Å²) in [7, 11) is 1.44. The Kier molecular flexibility index (Phi) is 3.32. The summed E-state index contributed by atoms with van der Waals surface area (Å²) in [4.78, 5) is 11.0. The molecule has 1 aliphatic carbocycles. The molecule has 12 heavy (non-hydrogen) atoms. The van der Waals surface area contributed by atoms with Gasteiger partial charge in [0, 0.05) is 0 Å². The second-order valence-corrected chi connectivity index (χ2v) is 3.36. The second kappa shape index (κ2) is 4.29. The molecule has 1 rings (SSSR count). The van der Waals surface area contributed by atoms with Crippen LogP contribution < -0.4 is 0 Å². The Bertz CT molecular complexity index is 194. The van der Waals surface area contributed by atoms with Crippen molar-refractivity contribution in [1.29, 1.82) is 0 Å². The van der Waals surface area contributed by atoms with Crippen LogP contribution in [0.25, 0.3) is 0 Å². The van der Waals surface area contributed by atoms with E-state index < -0.39 is 0 Å². The predicted octanol–water partition coefficient (Wildman–Crippen LogP) is 2.30. The molecule has 1 aliphatic rings. The van der Waals surface area contributed by atoms with E-state index in [1.807, 2.05) is 0 Å². The Balaban J connectivity index is 2.49. The third kappa shape index (κ3) is 2.36. The first-order valence-corrected chi connectivity index (χ1v) is 4.49. The lowest BCUT2D eigenvalue weighted by Crippen LogP contribution is -2.10. The zero-order chi connectivity index (χ0) is 8.97. The molecule has 0 bridgehead atoms. The Morgan fingerprint density at radius 3 is 3.08 bits per heavy atom. The Labute approximate surface area is 73.6 Å². The molecule has 0 heterocycles. The van der Waals surface area contributed by atoms with Crippen molar-refractivity contribution < 1.29 is 9.53 Å². The fraction of sp³-hybridized carbons (Fsp3) is 0.700. The van der Waals surface area contributed by atoms with Gasteiger partial charge in [0.25, 0.3) is 0 Å². The van der Waals surface area contributed by atoms with Gasteiger partial charge in [0.15, 0.2) is 0 Å². The number of allylic oxidation sites excluding steroid dienone is 1. The minimum absolute atomic E-state index is 0.116. The highest BCUT2D eigenvalue weighted by Crippen LogP contribution is 2.26. The van der Waals surface area contributed by atoms with E-state index in [4.69, 9.17) is 0 Å². The Morgan fingerprint density at radius 2 is 2.50 bits per heavy atom. The monoisotopic (exact) mass is 168 g/mol. The molecule has 2 heteroatoms. The van der Waals surface area contributed by atoms with Gasteiger partial charge in [0.1, 0.15) is 0 Å². The van der Waals surface area contributed by atoms with Crippen molar-refractivity contribution in [2.75, 3.05) is 7.11 Å². The molecule has 0 aromatic rings. The van der Waals surface area contributed by atoms with Crippen LogP contribution in [0.5, 0.6) is 0 Å². The van der Waals surface area contributed by atoms with Gasteiger partial charge >= 0.3 is 5.97 Å². The number of carbonyl (C=O) groups excluding carboxylic acids is 1. The normalized spacial score (nSPS) is 23.2. The number of hydrogen-bond donors (Lipinski definition) is 0. The van der Waals surface area contributed by atoms with Gasteiger partial charge in [0.05, 0.1) is 13.5 Å². The molecule has 2 nitrogen and oxygen atoms in total. The molecule has 1 unspecified atom stereocenters. The van der Waals surface area contributed by atoms with Gasteiger partial charge in [0.2, 0.25) is 0 Å². The summed E-state index contributed by atoms with van der Waals surface area (Å²) in [6, 6.07) is 0. The van der Waals surface area contributed by atoms with Crippen LogP contribution in [0.15, 0.2) is 11.6 Å². The summed E-state index contributed by atoms with van der Waals surface area (Å²) in [6.45, 7) is 2.17. The van der Waals surface area contributed by atoms with Gasteiger partial charge < -0.3 is 4.74 Å². The van der Waals surface area contributed by atoms with Crippen LogP contribution in [-0.4, -0.2) is 13.1 Å². The summed E-state index contributed by atoms with van der Waals surface area (Å²) in [5.41, 5.74) is 1.26. The highest BCUT2D eigenvalue weighted by Gasteiger charge is 2.15. The van der Waals surface area contributed by atoms with Crippen molar-refractivity contribution in [2.24, 2.45) is 5.92 Å². The maximum Gasteiger partial charge on any atom is 0.309 e. The smallest absolute Gasteiger partial charge is 0.309 e. The summed E-state index contributed by atoms with van der Waals surface area (Å²) < 4.78 is 4.62. The van der Waals surface area contributed by atoms with Gasteiger partial charge in [-0.15, -0.1) is 0 Å². The van der Waals surface area contributed by atoms with E-state index in [9.17, 15) is 4.79 Å². The highest BCUT2D eigenvalue weighted by molar-refractivity contribution is 5.72. The van der Waals surface area contributed by atoms with Crippen molar-refractivity contribution in [1.82, 2.24) is 0 Å². The number of methoxy groups -OCH3 is 1. The fourth-order valence-electron chi connectivity index (χ4n) is 1.58. The highest BCUT2D eigenvalue weighted by atomic mass is 16.5. The molecular weight excluding hydrogens is 152 g/mol. The Morgan fingerprint density at radius 1 is 1.75 bits per heavy atom. The fourth-order valence-corrected chi connectivity index (χ4v) is 1.58. The molecule has 1 atom stereocenters. The summed E-state index contributed by atoms with van der Waals surface area (Å²) >= 11 is 0. The molecule has 0 fully saturated rings. The van der Waals surface area contributed by atoms with E-state index >= 15 is 0 Å². The molecule has 0 amide bonds. The van der Waals surface area contributed by atoms with E-state index in [2.05, 4.69) is 17.7 Å². The number of esters is 1. The van der Waals surface area contributed by atoms with Crippen LogP contribution >= 0.6 is 0 Å². The number of ether oxygens (including phenoxy) is 1. The largest absolute Gasteiger partial charge is 0.469 e.